The summed E-state index contributed by atoms with van der Waals surface area (Å²) in [6, 6.07) is 7.28. The van der Waals surface area contributed by atoms with Crippen LogP contribution in [-0.4, -0.2) is 56.1 Å². The number of carbonyl (C=O) groups excluding carboxylic acids is 1. The van der Waals surface area contributed by atoms with Crippen molar-refractivity contribution in [3.05, 3.63) is 48.4 Å². The minimum absolute atomic E-state index is 0.191. The first-order valence-corrected chi connectivity index (χ1v) is 13.0. The van der Waals surface area contributed by atoms with Gasteiger partial charge in [-0.2, -0.15) is 23.1 Å². The number of imidazole rings is 1. The Balaban J connectivity index is 1.33. The fourth-order valence-corrected chi connectivity index (χ4v) is 5.35. The van der Waals surface area contributed by atoms with E-state index in [1.165, 1.54) is 7.11 Å². The van der Waals surface area contributed by atoms with E-state index in [9.17, 15) is 13.2 Å². The van der Waals surface area contributed by atoms with Gasteiger partial charge in [-0.1, -0.05) is 0 Å². The van der Waals surface area contributed by atoms with Crippen LogP contribution in [0.15, 0.2) is 42.9 Å². The fraction of sp³-hybridized carbons (Fsp3) is 0.391. The van der Waals surface area contributed by atoms with Gasteiger partial charge in [-0.25, -0.2) is 4.98 Å². The van der Waals surface area contributed by atoms with Crippen LogP contribution in [-0.2, 0) is 10.1 Å². The summed E-state index contributed by atoms with van der Waals surface area (Å²) in [4.78, 5) is 17.3. The fourth-order valence-electron chi connectivity index (χ4n) is 4.72. The molecule has 1 fully saturated rings. The number of aromatic nitrogens is 5. The van der Waals surface area contributed by atoms with Crippen LogP contribution in [0.2, 0.25) is 0 Å². The van der Waals surface area contributed by atoms with Gasteiger partial charge in [0.25, 0.3) is 16.0 Å². The molecule has 4 aromatic rings. The minimum atomic E-state index is -3.92. The van der Waals surface area contributed by atoms with Crippen LogP contribution < -0.4 is 10.1 Å². The number of nitrogens with zero attached hydrogens (tertiary/aromatic N) is 5. The molecule has 35 heavy (non-hydrogen) atoms. The molecule has 1 saturated carbocycles. The molecule has 0 aliphatic heterocycles. The van der Waals surface area contributed by atoms with E-state index in [1.54, 1.807) is 41.2 Å². The molecule has 3 heterocycles. The van der Waals surface area contributed by atoms with Crippen molar-refractivity contribution in [2.75, 3.05) is 18.2 Å². The van der Waals surface area contributed by atoms with Crippen LogP contribution in [0.25, 0.3) is 16.6 Å². The summed E-state index contributed by atoms with van der Waals surface area (Å²) in [6.07, 6.45) is 9.07. The molecular weight excluding hydrogens is 472 g/mol. The molecule has 0 unspecified atom stereocenters. The van der Waals surface area contributed by atoms with Crippen molar-refractivity contribution in [3.8, 4) is 5.75 Å². The van der Waals surface area contributed by atoms with Gasteiger partial charge in [-0.3, -0.25) is 14.0 Å². The van der Waals surface area contributed by atoms with Crippen LogP contribution in [0.4, 0.5) is 5.82 Å². The first kappa shape index (κ1) is 23.2. The highest BCUT2D eigenvalue weighted by atomic mass is 32.2. The lowest BCUT2D eigenvalue weighted by Crippen LogP contribution is -2.20. The van der Waals surface area contributed by atoms with Gasteiger partial charge in [0, 0.05) is 23.8 Å². The Morgan fingerprint density at radius 3 is 2.80 bits per heavy atom. The predicted molar refractivity (Wildman–Crippen MR) is 129 cm³/mol. The van der Waals surface area contributed by atoms with E-state index in [1.807, 2.05) is 10.9 Å². The number of nitrogens with one attached hydrogen (secondary N) is 1. The second-order valence-corrected chi connectivity index (χ2v) is 10.4. The topological polar surface area (TPSA) is 141 Å². The van der Waals surface area contributed by atoms with Gasteiger partial charge in [-0.15, -0.1) is 0 Å². The molecule has 11 nitrogen and oxygen atoms in total. The molecule has 0 radical (unpaired) electrons. The molecule has 0 saturated heterocycles. The molecule has 1 aromatic carbocycles. The Hall–Kier alpha value is -3.51. The number of benzene rings is 1. The SMILES string of the molecule is COc1cc2nn(C3CCC(CCS(=O)(=O)O)CC3)cc2cc1C(=O)Nc1cnc2cccnn12. The molecule has 0 spiro atoms. The van der Waals surface area contributed by atoms with Crippen molar-refractivity contribution in [1.82, 2.24) is 24.4 Å². The number of hydrogen-bond acceptors (Lipinski definition) is 7. The van der Waals surface area contributed by atoms with E-state index in [2.05, 4.69) is 15.4 Å². The third-order valence-corrected chi connectivity index (χ3v) is 7.33. The van der Waals surface area contributed by atoms with Gasteiger partial charge in [-0.05, 0) is 56.2 Å². The van der Waals surface area contributed by atoms with Gasteiger partial charge in [0.2, 0.25) is 0 Å². The maximum Gasteiger partial charge on any atom is 0.264 e. The van der Waals surface area contributed by atoms with Gasteiger partial charge >= 0.3 is 0 Å². The van der Waals surface area contributed by atoms with Gasteiger partial charge in [0.1, 0.15) is 5.75 Å². The maximum atomic E-state index is 13.1. The smallest absolute Gasteiger partial charge is 0.264 e. The van der Waals surface area contributed by atoms with Crippen molar-refractivity contribution < 1.29 is 22.5 Å². The zero-order valence-corrected chi connectivity index (χ0v) is 20.0. The van der Waals surface area contributed by atoms with Crippen molar-refractivity contribution in [3.63, 3.8) is 0 Å². The Kier molecular flexibility index (Phi) is 6.15. The lowest BCUT2D eigenvalue weighted by atomic mass is 9.84. The first-order chi connectivity index (χ1) is 16.8. The highest BCUT2D eigenvalue weighted by Gasteiger charge is 2.25. The zero-order valence-electron chi connectivity index (χ0n) is 19.2. The molecule has 3 aromatic heterocycles. The van der Waals surface area contributed by atoms with Crippen molar-refractivity contribution in [2.24, 2.45) is 5.92 Å². The summed E-state index contributed by atoms with van der Waals surface area (Å²) < 4.78 is 40.0. The van der Waals surface area contributed by atoms with Crippen molar-refractivity contribution in [1.29, 1.82) is 0 Å². The van der Waals surface area contributed by atoms with E-state index in [-0.39, 0.29) is 23.6 Å². The lowest BCUT2D eigenvalue weighted by molar-refractivity contribution is 0.102. The van der Waals surface area contributed by atoms with E-state index in [0.29, 0.717) is 29.2 Å². The van der Waals surface area contributed by atoms with Crippen LogP contribution in [0.5, 0.6) is 5.75 Å². The number of fused-ring (bicyclic) bond motifs is 2. The van der Waals surface area contributed by atoms with Gasteiger partial charge < -0.3 is 10.1 Å². The summed E-state index contributed by atoms with van der Waals surface area (Å²) in [5, 5.41) is 12.6. The molecule has 12 heteroatoms. The van der Waals surface area contributed by atoms with Crippen LogP contribution in [0, 0.1) is 5.92 Å². The van der Waals surface area contributed by atoms with Crippen molar-refractivity contribution >= 4 is 38.4 Å². The van der Waals surface area contributed by atoms with E-state index in [4.69, 9.17) is 14.4 Å². The van der Waals surface area contributed by atoms with E-state index in [0.717, 1.165) is 36.6 Å². The number of hydrogen-bond donors (Lipinski definition) is 2. The number of ether oxygens (including phenoxy) is 1. The summed E-state index contributed by atoms with van der Waals surface area (Å²) in [5.74, 6) is 0.611. The summed E-state index contributed by atoms with van der Waals surface area (Å²) in [5.41, 5.74) is 1.72. The van der Waals surface area contributed by atoms with E-state index >= 15 is 0 Å². The molecule has 2 N–H and O–H groups in total. The lowest BCUT2D eigenvalue weighted by Gasteiger charge is -2.28. The highest BCUT2D eigenvalue weighted by Crippen LogP contribution is 2.35. The standard InChI is InChI=1S/C23H26N6O5S/c1-34-20-12-19-16(11-18(20)23(30)26-22-13-24-21-3-2-9-25-29(21)22)14-28(27-19)17-6-4-15(5-7-17)8-10-35(31,32)33/h2-3,9,11-15,17H,4-8,10H2,1H3,(H,26,30)(H,31,32,33). The summed E-state index contributed by atoms with van der Waals surface area (Å²) in [6.45, 7) is 0. The Bertz CT molecular complexity index is 1490. The predicted octanol–water partition coefficient (Wildman–Crippen LogP) is 3.35. The van der Waals surface area contributed by atoms with Gasteiger partial charge in [0.15, 0.2) is 11.5 Å². The first-order valence-electron chi connectivity index (χ1n) is 11.4. The molecule has 0 atom stereocenters. The summed E-state index contributed by atoms with van der Waals surface area (Å²) in [7, 11) is -2.41. The molecule has 1 amide bonds. The highest BCUT2D eigenvalue weighted by molar-refractivity contribution is 7.85. The number of anilines is 1. The monoisotopic (exact) mass is 498 g/mol. The zero-order chi connectivity index (χ0) is 24.6. The van der Waals surface area contributed by atoms with Crippen LogP contribution in [0.1, 0.15) is 48.5 Å². The molecule has 0 bridgehead atoms. The molecule has 5 rings (SSSR count). The number of carbonyl (C=O) groups is 1. The average Bonchev–Trinajstić information content (AvgIpc) is 3.45. The largest absolute Gasteiger partial charge is 0.496 e. The number of rotatable bonds is 7. The van der Waals surface area contributed by atoms with Crippen LogP contribution >= 0.6 is 0 Å². The Labute approximate surface area is 201 Å². The minimum Gasteiger partial charge on any atom is -0.496 e. The second-order valence-electron chi connectivity index (χ2n) is 8.86. The van der Waals surface area contributed by atoms with Crippen molar-refractivity contribution in [2.45, 2.75) is 38.1 Å². The average molecular weight is 499 g/mol. The molecular formula is C23H26N6O5S. The third kappa shape index (κ3) is 4.98. The number of methoxy groups -OCH3 is 1. The van der Waals surface area contributed by atoms with Gasteiger partial charge in [0.05, 0.1) is 36.2 Å². The second kappa shape index (κ2) is 9.27. The van der Waals surface area contributed by atoms with E-state index < -0.39 is 10.1 Å². The molecule has 184 valence electrons. The molecule has 1 aliphatic carbocycles. The molecule has 1 aliphatic rings. The Morgan fingerprint density at radius 1 is 1.26 bits per heavy atom. The maximum absolute atomic E-state index is 13.1. The van der Waals surface area contributed by atoms with Crippen LogP contribution in [0.3, 0.4) is 0 Å². The quantitative estimate of drug-likeness (QED) is 0.370. The third-order valence-electron chi connectivity index (χ3n) is 6.58. The summed E-state index contributed by atoms with van der Waals surface area (Å²) >= 11 is 0. The Morgan fingerprint density at radius 2 is 2.06 bits per heavy atom. The number of amides is 1. The normalized spacial score (nSPS) is 18.7.